The average molecular weight is 202 g/mol. The van der Waals surface area contributed by atoms with Crippen molar-refractivity contribution >= 4 is 23.1 Å². The highest BCUT2D eigenvalue weighted by atomic mass is 16.6. The van der Waals surface area contributed by atoms with Crippen LogP contribution in [0.1, 0.15) is 5.56 Å². The summed E-state index contributed by atoms with van der Waals surface area (Å²) in [6.45, 7) is 1.85. The predicted molar refractivity (Wildman–Crippen MR) is 58.1 cm³/mol. The molecule has 0 saturated carbocycles. The summed E-state index contributed by atoms with van der Waals surface area (Å²) in [6.07, 6.45) is 3.40. The van der Waals surface area contributed by atoms with Gasteiger partial charge >= 0.3 is 0 Å². The van der Waals surface area contributed by atoms with Crippen molar-refractivity contribution in [1.82, 2.24) is 0 Å². The molecule has 0 unspecified atom stereocenters. The van der Waals surface area contributed by atoms with Gasteiger partial charge in [0.15, 0.2) is 0 Å². The minimum Gasteiger partial charge on any atom is -0.382 e. The zero-order valence-electron chi connectivity index (χ0n) is 8.03. The van der Waals surface area contributed by atoms with Crippen LogP contribution in [-0.2, 0) is 4.84 Å². The van der Waals surface area contributed by atoms with E-state index in [0.717, 1.165) is 35.7 Å². The molecule has 2 heterocycles. The Bertz CT molecular complexity index is 453. The standard InChI is InChI=1S/C10H10N4O/c1-2-9-10(12-5-4-11-9)7-3-6-15-14-13-8(1)7/h1-3,6,11-12H,4-5H2. The maximum absolute atomic E-state index is 4.80. The summed E-state index contributed by atoms with van der Waals surface area (Å²) in [4.78, 5) is 4.80. The van der Waals surface area contributed by atoms with Crippen LogP contribution in [0, 0.1) is 0 Å². The van der Waals surface area contributed by atoms with Gasteiger partial charge in [-0.2, -0.15) is 0 Å². The Hall–Kier alpha value is -2.04. The number of rotatable bonds is 0. The van der Waals surface area contributed by atoms with E-state index in [2.05, 4.69) is 21.0 Å². The van der Waals surface area contributed by atoms with Gasteiger partial charge in [-0.15, -0.1) is 5.11 Å². The lowest BCUT2D eigenvalue weighted by atomic mass is 10.1. The molecule has 0 amide bonds. The lowest BCUT2D eigenvalue weighted by Crippen LogP contribution is -2.21. The van der Waals surface area contributed by atoms with Gasteiger partial charge in [-0.3, -0.25) is 0 Å². The molecule has 0 spiro atoms. The summed E-state index contributed by atoms with van der Waals surface area (Å²) >= 11 is 0. The molecule has 0 aliphatic carbocycles. The SMILES string of the molecule is C1=Cc2c(ccc3c2NCCN3)N=NO1. The van der Waals surface area contributed by atoms with Crippen LogP contribution in [0.25, 0.3) is 6.08 Å². The summed E-state index contributed by atoms with van der Waals surface area (Å²) in [5, 5.41) is 14.2. The minimum absolute atomic E-state index is 0.818. The third kappa shape index (κ3) is 1.32. The average Bonchev–Trinajstić information content (AvgIpc) is 2.54. The second kappa shape index (κ2) is 3.27. The van der Waals surface area contributed by atoms with Crippen molar-refractivity contribution in [2.24, 2.45) is 10.4 Å². The number of nitrogens with zero attached hydrogens (tertiary/aromatic N) is 2. The van der Waals surface area contributed by atoms with Crippen molar-refractivity contribution in [3.63, 3.8) is 0 Å². The smallest absolute Gasteiger partial charge is 0.124 e. The fourth-order valence-electron chi connectivity index (χ4n) is 1.78. The second-order valence-electron chi connectivity index (χ2n) is 3.36. The minimum atomic E-state index is 0.818. The molecule has 1 aromatic rings. The fourth-order valence-corrected chi connectivity index (χ4v) is 1.78. The van der Waals surface area contributed by atoms with E-state index in [4.69, 9.17) is 4.84 Å². The van der Waals surface area contributed by atoms with E-state index in [9.17, 15) is 0 Å². The highest BCUT2D eigenvalue weighted by molar-refractivity contribution is 5.86. The first-order chi connectivity index (χ1) is 7.45. The van der Waals surface area contributed by atoms with Crippen molar-refractivity contribution in [3.05, 3.63) is 24.0 Å². The third-order valence-corrected chi connectivity index (χ3v) is 2.46. The first-order valence-electron chi connectivity index (χ1n) is 4.83. The Morgan fingerprint density at radius 2 is 2.13 bits per heavy atom. The van der Waals surface area contributed by atoms with Crippen LogP contribution in [0.2, 0.25) is 0 Å². The van der Waals surface area contributed by atoms with Gasteiger partial charge < -0.3 is 15.5 Å². The number of anilines is 2. The molecule has 0 radical (unpaired) electrons. The topological polar surface area (TPSA) is 58.0 Å². The molecular weight excluding hydrogens is 192 g/mol. The number of nitrogens with one attached hydrogen (secondary N) is 2. The number of fused-ring (bicyclic) bond motifs is 3. The molecule has 2 aliphatic rings. The van der Waals surface area contributed by atoms with E-state index in [0.29, 0.717) is 0 Å². The van der Waals surface area contributed by atoms with Crippen molar-refractivity contribution in [2.45, 2.75) is 0 Å². The molecule has 76 valence electrons. The second-order valence-corrected chi connectivity index (χ2v) is 3.36. The van der Waals surface area contributed by atoms with Crippen LogP contribution in [0.5, 0.6) is 0 Å². The molecule has 15 heavy (non-hydrogen) atoms. The van der Waals surface area contributed by atoms with Crippen molar-refractivity contribution < 1.29 is 4.84 Å². The molecule has 0 atom stereocenters. The zero-order valence-corrected chi connectivity index (χ0v) is 8.03. The van der Waals surface area contributed by atoms with Gasteiger partial charge in [-0.1, -0.05) is 0 Å². The molecular formula is C10H10N4O. The number of benzene rings is 1. The normalized spacial score (nSPS) is 16.5. The zero-order chi connectivity index (χ0) is 10.1. The fraction of sp³-hybridized carbons (Fsp3) is 0.200. The Kier molecular flexibility index (Phi) is 1.81. The van der Waals surface area contributed by atoms with Gasteiger partial charge in [0.05, 0.1) is 17.1 Å². The Morgan fingerprint density at radius 1 is 1.20 bits per heavy atom. The molecule has 0 saturated heterocycles. The van der Waals surface area contributed by atoms with Gasteiger partial charge in [0, 0.05) is 23.9 Å². The quantitative estimate of drug-likeness (QED) is 0.679. The van der Waals surface area contributed by atoms with Gasteiger partial charge in [-0.05, 0) is 18.2 Å². The van der Waals surface area contributed by atoms with E-state index in [1.54, 1.807) is 0 Å². The van der Waals surface area contributed by atoms with E-state index in [1.165, 1.54) is 6.26 Å². The van der Waals surface area contributed by atoms with Gasteiger partial charge in [0.25, 0.3) is 0 Å². The third-order valence-electron chi connectivity index (χ3n) is 2.46. The maximum Gasteiger partial charge on any atom is 0.124 e. The summed E-state index contributed by atoms with van der Waals surface area (Å²) in [5.74, 6) is 0. The van der Waals surface area contributed by atoms with Crippen molar-refractivity contribution in [3.8, 4) is 0 Å². The largest absolute Gasteiger partial charge is 0.382 e. The number of hydrogen-bond donors (Lipinski definition) is 2. The predicted octanol–water partition coefficient (Wildman–Crippen LogP) is 2.52. The highest BCUT2D eigenvalue weighted by Gasteiger charge is 2.15. The Morgan fingerprint density at radius 3 is 3.13 bits per heavy atom. The lowest BCUT2D eigenvalue weighted by Gasteiger charge is -2.22. The lowest BCUT2D eigenvalue weighted by molar-refractivity contribution is 0.246. The first-order valence-corrected chi connectivity index (χ1v) is 4.83. The highest BCUT2D eigenvalue weighted by Crippen LogP contribution is 2.37. The van der Waals surface area contributed by atoms with Gasteiger partial charge in [0.1, 0.15) is 6.26 Å². The van der Waals surface area contributed by atoms with Gasteiger partial charge in [0.2, 0.25) is 0 Å². The van der Waals surface area contributed by atoms with Crippen LogP contribution in [0.3, 0.4) is 0 Å². The molecule has 5 nitrogen and oxygen atoms in total. The van der Waals surface area contributed by atoms with Crippen molar-refractivity contribution in [2.75, 3.05) is 23.7 Å². The maximum atomic E-state index is 4.80. The van der Waals surface area contributed by atoms with Gasteiger partial charge in [-0.25, -0.2) is 0 Å². The summed E-state index contributed by atoms with van der Waals surface area (Å²) < 4.78 is 0. The van der Waals surface area contributed by atoms with E-state index < -0.39 is 0 Å². The monoisotopic (exact) mass is 202 g/mol. The summed E-state index contributed by atoms with van der Waals surface area (Å²) in [6, 6.07) is 3.93. The van der Waals surface area contributed by atoms with Crippen LogP contribution < -0.4 is 10.6 Å². The van der Waals surface area contributed by atoms with Crippen LogP contribution in [0.4, 0.5) is 17.1 Å². The summed E-state index contributed by atoms with van der Waals surface area (Å²) in [5.41, 5.74) is 4.00. The Labute approximate surface area is 86.8 Å². The van der Waals surface area contributed by atoms with Crippen LogP contribution in [0.15, 0.2) is 28.8 Å². The summed E-state index contributed by atoms with van der Waals surface area (Å²) in [7, 11) is 0. The molecule has 0 bridgehead atoms. The molecule has 3 rings (SSSR count). The molecule has 1 aromatic carbocycles. The molecule has 2 N–H and O–H groups in total. The number of hydrogen-bond acceptors (Lipinski definition) is 5. The molecule has 2 aliphatic heterocycles. The van der Waals surface area contributed by atoms with E-state index >= 15 is 0 Å². The van der Waals surface area contributed by atoms with Crippen LogP contribution >= 0.6 is 0 Å². The van der Waals surface area contributed by atoms with E-state index in [1.807, 2.05) is 18.2 Å². The molecule has 5 heteroatoms. The molecule has 0 aromatic heterocycles. The first kappa shape index (κ1) is 8.28. The van der Waals surface area contributed by atoms with Crippen molar-refractivity contribution in [1.29, 1.82) is 0 Å². The van der Waals surface area contributed by atoms with Crippen LogP contribution in [-0.4, -0.2) is 13.1 Å². The van der Waals surface area contributed by atoms with E-state index in [-0.39, 0.29) is 0 Å². The Balaban J connectivity index is 2.21. The molecule has 0 fully saturated rings.